The molecule has 2 unspecified atom stereocenters. The summed E-state index contributed by atoms with van der Waals surface area (Å²) in [5.41, 5.74) is 0. The van der Waals surface area contributed by atoms with Gasteiger partial charge in [0.15, 0.2) is 0 Å². The molecule has 1 amide bonds. The average Bonchev–Trinajstić information content (AvgIpc) is 2.95. The van der Waals surface area contributed by atoms with Gasteiger partial charge >= 0.3 is 0 Å². The normalized spacial score (nSPS) is 20.9. The zero-order valence-corrected chi connectivity index (χ0v) is 15.1. The van der Waals surface area contributed by atoms with Crippen molar-refractivity contribution in [1.29, 1.82) is 0 Å². The first kappa shape index (κ1) is 18.9. The van der Waals surface area contributed by atoms with E-state index >= 15 is 0 Å². The molecule has 2 atom stereocenters. The Morgan fingerprint density at radius 2 is 2.25 bits per heavy atom. The highest BCUT2D eigenvalue weighted by atomic mass is 16.3. The van der Waals surface area contributed by atoms with Gasteiger partial charge in [-0.05, 0) is 19.8 Å². The van der Waals surface area contributed by atoms with E-state index in [4.69, 9.17) is 0 Å². The van der Waals surface area contributed by atoms with Crippen LogP contribution in [0.1, 0.15) is 33.6 Å². The van der Waals surface area contributed by atoms with Crippen molar-refractivity contribution in [3.05, 3.63) is 12.3 Å². The minimum absolute atomic E-state index is 0.00619. The van der Waals surface area contributed by atoms with Gasteiger partial charge in [0.2, 0.25) is 5.91 Å². The third-order valence-corrected chi connectivity index (χ3v) is 4.45. The van der Waals surface area contributed by atoms with Crippen molar-refractivity contribution in [3.8, 4) is 0 Å². The number of amides is 1. The molecule has 1 fully saturated rings. The summed E-state index contributed by atoms with van der Waals surface area (Å²) in [6, 6.07) is 2.23. The fraction of sp³-hybridized carbons (Fsp3) is 0.765. The molecule has 1 aromatic heterocycles. The van der Waals surface area contributed by atoms with Crippen LogP contribution in [-0.4, -0.2) is 75.5 Å². The molecule has 1 aliphatic heterocycles. The number of anilines is 1. The molecular formula is C17H31N5O2. The molecule has 7 nitrogen and oxygen atoms in total. The Balaban J connectivity index is 1.85. The molecule has 0 saturated carbocycles. The fourth-order valence-corrected chi connectivity index (χ4v) is 3.28. The molecule has 2 heterocycles. The highest BCUT2D eigenvalue weighted by Gasteiger charge is 2.27. The van der Waals surface area contributed by atoms with E-state index in [-0.39, 0.29) is 12.0 Å². The number of β-amino-alcohol motifs (C(OH)–C–C–N with tert-alkyl or cyclic N) is 1. The number of aryl methyl sites for hydroxylation is 1. The van der Waals surface area contributed by atoms with Crippen molar-refractivity contribution >= 4 is 11.7 Å². The average molecular weight is 337 g/mol. The van der Waals surface area contributed by atoms with E-state index in [2.05, 4.69) is 34.1 Å². The number of aliphatic hydroxyl groups excluding tert-OH is 1. The number of aliphatic hydroxyl groups is 1. The molecule has 24 heavy (non-hydrogen) atoms. The van der Waals surface area contributed by atoms with Gasteiger partial charge in [-0.1, -0.05) is 13.8 Å². The first-order chi connectivity index (χ1) is 11.5. The molecule has 0 radical (unpaired) electrons. The van der Waals surface area contributed by atoms with Gasteiger partial charge in [-0.25, -0.2) is 4.68 Å². The van der Waals surface area contributed by atoms with E-state index in [1.54, 1.807) is 6.20 Å². The maximum absolute atomic E-state index is 12.3. The Morgan fingerprint density at radius 3 is 2.92 bits per heavy atom. The van der Waals surface area contributed by atoms with Crippen LogP contribution in [0.5, 0.6) is 0 Å². The Bertz CT molecular complexity index is 517. The number of nitrogens with one attached hydrogen (secondary N) is 1. The summed E-state index contributed by atoms with van der Waals surface area (Å²) in [5, 5.41) is 16.8. The predicted octanol–water partition coefficient (Wildman–Crippen LogP) is 1.01. The number of rotatable bonds is 8. The van der Waals surface area contributed by atoms with Gasteiger partial charge in [-0.3, -0.25) is 14.6 Å². The van der Waals surface area contributed by atoms with Crippen LogP contribution in [0.15, 0.2) is 12.3 Å². The number of piperazine rings is 1. The van der Waals surface area contributed by atoms with Gasteiger partial charge in [-0.15, -0.1) is 0 Å². The predicted molar refractivity (Wildman–Crippen MR) is 94.9 cm³/mol. The molecule has 0 aromatic carbocycles. The lowest BCUT2D eigenvalue weighted by Crippen LogP contribution is -2.55. The Morgan fingerprint density at radius 1 is 1.46 bits per heavy atom. The smallest absolute Gasteiger partial charge is 0.239 e. The van der Waals surface area contributed by atoms with Crippen molar-refractivity contribution in [1.82, 2.24) is 19.6 Å². The number of aromatic nitrogens is 2. The van der Waals surface area contributed by atoms with E-state index in [9.17, 15) is 9.90 Å². The van der Waals surface area contributed by atoms with Crippen LogP contribution >= 0.6 is 0 Å². The third kappa shape index (κ3) is 5.29. The second-order valence-electron chi connectivity index (χ2n) is 6.63. The first-order valence-electron chi connectivity index (χ1n) is 8.99. The van der Waals surface area contributed by atoms with E-state index < -0.39 is 0 Å². The largest absolute Gasteiger partial charge is 0.392 e. The van der Waals surface area contributed by atoms with Crippen molar-refractivity contribution in [2.45, 2.75) is 52.3 Å². The van der Waals surface area contributed by atoms with Crippen molar-refractivity contribution < 1.29 is 9.90 Å². The van der Waals surface area contributed by atoms with Crippen LogP contribution in [0.3, 0.4) is 0 Å². The molecule has 136 valence electrons. The molecule has 1 saturated heterocycles. The molecule has 0 spiro atoms. The Labute approximate surface area is 144 Å². The van der Waals surface area contributed by atoms with Gasteiger partial charge in [0.1, 0.15) is 5.82 Å². The summed E-state index contributed by atoms with van der Waals surface area (Å²) < 4.78 is 1.83. The summed E-state index contributed by atoms with van der Waals surface area (Å²) >= 11 is 0. The molecule has 1 aromatic rings. The van der Waals surface area contributed by atoms with Gasteiger partial charge in [0.25, 0.3) is 0 Å². The molecule has 7 heteroatoms. The third-order valence-electron chi connectivity index (χ3n) is 4.45. The minimum Gasteiger partial charge on any atom is -0.392 e. The van der Waals surface area contributed by atoms with Gasteiger partial charge in [0, 0.05) is 44.8 Å². The maximum Gasteiger partial charge on any atom is 0.239 e. The zero-order chi connectivity index (χ0) is 17.5. The second-order valence-corrected chi connectivity index (χ2v) is 6.63. The first-order valence-corrected chi connectivity index (χ1v) is 8.99. The monoisotopic (exact) mass is 337 g/mol. The zero-order valence-electron chi connectivity index (χ0n) is 15.1. The highest BCUT2D eigenvalue weighted by molar-refractivity contribution is 5.91. The van der Waals surface area contributed by atoms with Crippen LogP contribution < -0.4 is 5.32 Å². The second kappa shape index (κ2) is 9.15. The van der Waals surface area contributed by atoms with Crippen molar-refractivity contribution in [2.24, 2.45) is 0 Å². The lowest BCUT2D eigenvalue weighted by molar-refractivity contribution is -0.118. The molecule has 2 rings (SSSR count). The van der Waals surface area contributed by atoms with Crippen molar-refractivity contribution in [2.75, 3.05) is 38.0 Å². The highest BCUT2D eigenvalue weighted by Crippen LogP contribution is 2.14. The Kier molecular flexibility index (Phi) is 7.20. The van der Waals surface area contributed by atoms with Crippen molar-refractivity contribution in [3.63, 3.8) is 0 Å². The summed E-state index contributed by atoms with van der Waals surface area (Å²) in [7, 11) is 0. The number of hydrogen-bond donors (Lipinski definition) is 2. The molecular weight excluding hydrogens is 306 g/mol. The standard InChI is InChI=1S/C17H31N5O2/c1-4-8-22-16(6-7-18-22)19-17(24)13-20-9-10-21(11-14(3)23)15(5-2)12-20/h6-7,14-15,23H,4-5,8-13H2,1-3H3,(H,19,24). The van der Waals surface area contributed by atoms with Crippen LogP contribution in [-0.2, 0) is 11.3 Å². The number of hydrogen-bond acceptors (Lipinski definition) is 5. The lowest BCUT2D eigenvalue weighted by Gasteiger charge is -2.41. The van der Waals surface area contributed by atoms with Crippen LogP contribution in [0, 0.1) is 0 Å². The fourth-order valence-electron chi connectivity index (χ4n) is 3.28. The molecule has 0 bridgehead atoms. The molecule has 1 aliphatic rings. The topological polar surface area (TPSA) is 73.6 Å². The van der Waals surface area contributed by atoms with E-state index in [1.165, 1.54) is 0 Å². The maximum atomic E-state index is 12.3. The Hall–Kier alpha value is -1.44. The van der Waals surface area contributed by atoms with Crippen LogP contribution in [0.4, 0.5) is 5.82 Å². The number of nitrogens with zero attached hydrogens (tertiary/aromatic N) is 4. The summed E-state index contributed by atoms with van der Waals surface area (Å²) in [4.78, 5) is 16.9. The summed E-state index contributed by atoms with van der Waals surface area (Å²) in [6.45, 7) is 10.6. The summed E-state index contributed by atoms with van der Waals surface area (Å²) in [5.74, 6) is 0.772. The quantitative estimate of drug-likeness (QED) is 0.741. The number of carbonyl (C=O) groups excluding carboxylic acids is 1. The van der Waals surface area contributed by atoms with Gasteiger partial charge < -0.3 is 10.4 Å². The minimum atomic E-state index is -0.312. The van der Waals surface area contributed by atoms with E-state index in [0.29, 0.717) is 19.1 Å². The molecule has 2 N–H and O–H groups in total. The summed E-state index contributed by atoms with van der Waals surface area (Å²) in [6.07, 6.45) is 3.41. The SMILES string of the molecule is CCCn1nccc1NC(=O)CN1CCN(CC(C)O)C(CC)C1. The van der Waals surface area contributed by atoms with Crippen LogP contribution in [0.2, 0.25) is 0 Å². The lowest BCUT2D eigenvalue weighted by atomic mass is 10.1. The number of carbonyl (C=O) groups is 1. The van der Waals surface area contributed by atoms with Gasteiger partial charge in [-0.2, -0.15) is 5.10 Å². The van der Waals surface area contributed by atoms with E-state index in [0.717, 1.165) is 44.8 Å². The van der Waals surface area contributed by atoms with Gasteiger partial charge in [0.05, 0.1) is 18.8 Å². The van der Waals surface area contributed by atoms with Crippen LogP contribution in [0.25, 0.3) is 0 Å². The molecule has 0 aliphatic carbocycles. The van der Waals surface area contributed by atoms with E-state index in [1.807, 2.05) is 17.7 Å².